The summed E-state index contributed by atoms with van der Waals surface area (Å²) in [6, 6.07) is -0.585. The molecule has 9 nitrogen and oxygen atoms in total. The predicted molar refractivity (Wildman–Crippen MR) is 264 cm³/mol. The Balaban J connectivity index is 0.00000793. The summed E-state index contributed by atoms with van der Waals surface area (Å²) in [6.07, 6.45) is 22.3. The third kappa shape index (κ3) is 11.7. The molecule has 1 fully saturated rings. The summed E-state index contributed by atoms with van der Waals surface area (Å²) in [5.41, 5.74) is 9.37. The number of carbonyl (C=O) groups is 2. The second-order valence-corrected chi connectivity index (χ2v) is 19.6. The van der Waals surface area contributed by atoms with Crippen LogP contribution in [0.15, 0.2) is 17.3 Å². The maximum Gasteiger partial charge on any atom is 2.00 e. The van der Waals surface area contributed by atoms with Crippen LogP contribution in [0.25, 0.3) is 41.0 Å². The summed E-state index contributed by atoms with van der Waals surface area (Å²) in [5.74, 6) is -0.0659. The normalized spacial score (nSPS) is 21.7. The van der Waals surface area contributed by atoms with Gasteiger partial charge < -0.3 is 34.8 Å². The van der Waals surface area contributed by atoms with Crippen LogP contribution in [0.4, 0.5) is 0 Å². The van der Waals surface area contributed by atoms with Crippen LogP contribution in [0.2, 0.25) is 0 Å². The number of aliphatic hydroxyl groups is 1. The van der Waals surface area contributed by atoms with Crippen LogP contribution >= 0.6 is 0 Å². The molecule has 0 saturated carbocycles. The first-order chi connectivity index (χ1) is 30.6. The zero-order chi connectivity index (χ0) is 46.4. The number of methoxy groups -OCH3 is 1. The average Bonchev–Trinajstić information content (AvgIpc) is 3.99. The largest absolute Gasteiger partial charge is 2.00 e. The monoisotopic (exact) mass is 894 g/mol. The zero-order valence-corrected chi connectivity index (χ0v) is 42.7. The molecule has 3 aromatic heterocycles. The minimum atomic E-state index is -1.08. The zero-order valence-electron chi connectivity index (χ0n) is 41.3. The fourth-order valence-electron chi connectivity index (χ4n) is 10.3. The first-order valence-electron chi connectivity index (χ1n) is 24.1. The molecule has 348 valence electrons. The van der Waals surface area contributed by atoms with Crippen LogP contribution < -0.4 is 36.2 Å². The molecule has 0 spiro atoms. The number of rotatable bonds is 20. The van der Waals surface area contributed by atoms with E-state index in [0.717, 1.165) is 86.7 Å². The van der Waals surface area contributed by atoms with E-state index in [2.05, 4.69) is 55.4 Å². The molecule has 5 heterocycles. The quantitative estimate of drug-likeness (QED) is 0.0518. The number of allylic oxidation sites excluding steroid dienone is 2. The molecule has 65 heavy (non-hydrogen) atoms. The van der Waals surface area contributed by atoms with E-state index in [1.165, 1.54) is 57.6 Å². The van der Waals surface area contributed by atoms with Gasteiger partial charge in [0.1, 0.15) is 18.3 Å². The Morgan fingerprint density at radius 1 is 0.846 bits per heavy atom. The number of hydrogen-bond donors (Lipinski definition) is 1. The van der Waals surface area contributed by atoms with E-state index in [0.29, 0.717) is 34.2 Å². The molecule has 10 heteroatoms. The molecule has 1 saturated heterocycles. The van der Waals surface area contributed by atoms with Gasteiger partial charge in [-0.05, 0) is 82.1 Å². The molecule has 0 aromatic carbocycles. The number of ether oxygens (including phenoxy) is 2. The van der Waals surface area contributed by atoms with Crippen molar-refractivity contribution in [2.75, 3.05) is 13.7 Å². The summed E-state index contributed by atoms with van der Waals surface area (Å²) in [7, 11) is 1.33. The van der Waals surface area contributed by atoms with E-state index in [9.17, 15) is 14.7 Å². The van der Waals surface area contributed by atoms with Gasteiger partial charge in [0.2, 0.25) is 0 Å². The molecule has 6 rings (SSSR count). The summed E-state index contributed by atoms with van der Waals surface area (Å²) in [6.45, 7) is 28.2. The minimum Gasteiger partial charge on any atom is -0.681 e. The van der Waals surface area contributed by atoms with Crippen molar-refractivity contribution in [1.82, 2.24) is 15.0 Å². The molecule has 0 amide bonds. The van der Waals surface area contributed by atoms with Gasteiger partial charge in [-0.25, -0.2) is 11.8 Å². The van der Waals surface area contributed by atoms with Crippen LogP contribution in [0.1, 0.15) is 164 Å². The maximum atomic E-state index is 13.6. The second kappa shape index (κ2) is 23.0. The SMILES string of the molecule is [CH-]=Cc1c2[n-]c(c1C)/C=C1\[N-]C(C3=c4[n-]c(c(C)c4=C(O)[C@@H]3C(=O)OC)/C=c3\[n-]/c(c(C)c3CC)=C\2)[C@@H](CCC(=O)OC/C=C(\C)CCC[C@H](C)CCC[C@H](C)CCCC(C)C)[C@@H]1C.[Mg+2]. The van der Waals surface area contributed by atoms with Gasteiger partial charge in [0.15, 0.2) is 0 Å². The molecule has 2 aliphatic heterocycles. The van der Waals surface area contributed by atoms with Gasteiger partial charge in [-0.1, -0.05) is 139 Å². The van der Waals surface area contributed by atoms with Gasteiger partial charge in [0.05, 0.1) is 7.11 Å². The second-order valence-electron chi connectivity index (χ2n) is 19.6. The molecule has 1 aliphatic carbocycles. The first kappa shape index (κ1) is 51.8. The maximum absolute atomic E-state index is 13.6. The van der Waals surface area contributed by atoms with E-state index in [1.807, 2.05) is 38.2 Å². The van der Waals surface area contributed by atoms with Gasteiger partial charge >= 0.3 is 35.0 Å². The third-order valence-electron chi connectivity index (χ3n) is 14.4. The van der Waals surface area contributed by atoms with Crippen LogP contribution in [-0.2, 0) is 25.5 Å². The smallest absolute Gasteiger partial charge is 0.681 e. The summed E-state index contributed by atoms with van der Waals surface area (Å²) >= 11 is 0. The van der Waals surface area contributed by atoms with E-state index in [4.69, 9.17) is 36.3 Å². The minimum absolute atomic E-state index is 0. The Hall–Kier alpha value is -4.15. The number of carbonyl (C=O) groups excluding carboxylic acids is 2. The van der Waals surface area contributed by atoms with Gasteiger partial charge in [-0.15, -0.1) is 33.4 Å². The van der Waals surface area contributed by atoms with Crippen molar-refractivity contribution < 1.29 is 24.2 Å². The topological polar surface area (TPSA) is 129 Å². The molecular weight excluding hydrogens is 821 g/mol. The number of aromatic nitrogens is 3. The van der Waals surface area contributed by atoms with Crippen molar-refractivity contribution >= 4 is 70.6 Å². The Morgan fingerprint density at radius 2 is 1.49 bits per heavy atom. The number of nitrogens with zero attached hydrogens (tertiary/aromatic N) is 4. The van der Waals surface area contributed by atoms with Crippen molar-refractivity contribution in [3.8, 4) is 0 Å². The van der Waals surface area contributed by atoms with E-state index >= 15 is 0 Å². The summed E-state index contributed by atoms with van der Waals surface area (Å²) < 4.78 is 11.1. The van der Waals surface area contributed by atoms with E-state index in [1.54, 1.807) is 6.08 Å². The molecule has 6 atom stereocenters. The summed E-state index contributed by atoms with van der Waals surface area (Å²) in [4.78, 5) is 42.3. The van der Waals surface area contributed by atoms with Gasteiger partial charge in [0.25, 0.3) is 0 Å². The van der Waals surface area contributed by atoms with Crippen LogP contribution in [0, 0.1) is 62.9 Å². The Kier molecular flexibility index (Phi) is 18.4. The van der Waals surface area contributed by atoms with Crippen LogP contribution in [-0.4, -0.2) is 59.9 Å². The predicted octanol–water partition coefficient (Wildman–Crippen LogP) is 8.46. The standard InChI is InChI=1S/C55H73N4O5.Mg/c1-13-39-35(8)42-28-44-37(10)41(24-25-48(60)64-27-26-34(7)23-17-22-33(6)21-16-20-32(5)19-15-18-31(3)4)52(58-44)50-51(55(62)63-12)54(61)49-38(11)45(59-53(49)50)30-47-40(14-2)36(9)43(57-47)29-46(39)56-42;/h1,13,26,28-33,37,41,51-52,61H,14-25,27H2,2-12H3;/q-5;+2/b34-26+,43-29-,44-28-,47-30-;/t32-,33-,37+,41+,51-,52?;/m1./s1. The van der Waals surface area contributed by atoms with Crippen molar-refractivity contribution in [2.45, 2.75) is 152 Å². The van der Waals surface area contributed by atoms with Gasteiger partial charge in [0, 0.05) is 11.6 Å². The molecule has 8 bridgehead atoms. The fourth-order valence-corrected chi connectivity index (χ4v) is 10.3. The van der Waals surface area contributed by atoms with E-state index in [-0.39, 0.29) is 59.6 Å². The molecular formula is C55H73MgN4O5-3. The van der Waals surface area contributed by atoms with Crippen molar-refractivity contribution in [3.63, 3.8) is 0 Å². The van der Waals surface area contributed by atoms with Crippen molar-refractivity contribution in [3.05, 3.63) is 95.4 Å². The summed E-state index contributed by atoms with van der Waals surface area (Å²) in [5, 5.41) is 19.9. The molecule has 3 aromatic rings. The number of hydrogen-bond acceptors (Lipinski definition) is 5. The molecule has 3 aliphatic rings. The Morgan fingerprint density at radius 3 is 2.14 bits per heavy atom. The fraction of sp³-hybridized carbons (Fsp3) is 0.564. The first-order valence-corrected chi connectivity index (χ1v) is 24.1. The number of esters is 2. The van der Waals surface area contributed by atoms with Crippen LogP contribution in [0.5, 0.6) is 0 Å². The Labute approximate surface area is 404 Å². The molecule has 1 unspecified atom stereocenters. The number of fused-ring (bicyclic) bond motifs is 8. The average molecular weight is 895 g/mol. The van der Waals surface area contributed by atoms with Crippen LogP contribution in [0.3, 0.4) is 0 Å². The van der Waals surface area contributed by atoms with Crippen molar-refractivity contribution in [1.29, 1.82) is 0 Å². The van der Waals surface area contributed by atoms with Gasteiger partial charge in [-0.2, -0.15) is 17.0 Å². The Bertz CT molecular complexity index is 2510. The van der Waals surface area contributed by atoms with E-state index < -0.39 is 17.9 Å². The molecule has 1 N–H and O–H groups in total. The third-order valence-corrected chi connectivity index (χ3v) is 14.4. The number of aliphatic hydroxyl groups excluding tert-OH is 1. The van der Waals surface area contributed by atoms with Gasteiger partial charge in [-0.3, -0.25) is 16.2 Å². The van der Waals surface area contributed by atoms with Crippen molar-refractivity contribution in [2.24, 2.45) is 35.5 Å². The molecule has 0 radical (unpaired) electrons.